The SMILES string of the molecule is CCCNCCCNC(=O)CCCN(C[P+](O)(OC)OC)C[P+](O)(OC)OC. The highest BCUT2D eigenvalue weighted by atomic mass is 31.2. The van der Waals surface area contributed by atoms with E-state index in [9.17, 15) is 14.6 Å². The molecule has 0 rings (SSSR count). The Kier molecular flexibility index (Phi) is 15.8. The number of carbonyl (C=O) groups excluding carboxylic acids is 1. The Hall–Kier alpha value is 0.01000. The lowest BCUT2D eigenvalue weighted by Gasteiger charge is -2.25. The fraction of sp³-hybridized carbons (Fsp3) is 0.938. The Morgan fingerprint density at radius 3 is 1.89 bits per heavy atom. The predicted molar refractivity (Wildman–Crippen MR) is 113 cm³/mol. The second kappa shape index (κ2) is 15.8. The molecule has 0 aromatic heterocycles. The predicted octanol–water partition coefficient (Wildman–Crippen LogP) is 1.58. The summed E-state index contributed by atoms with van der Waals surface area (Å²) in [5.41, 5.74) is 0. The molecule has 0 saturated heterocycles. The van der Waals surface area contributed by atoms with Gasteiger partial charge in [0.25, 0.3) is 0 Å². The van der Waals surface area contributed by atoms with Gasteiger partial charge in [0.1, 0.15) is 0 Å². The highest BCUT2D eigenvalue weighted by Crippen LogP contribution is 2.60. The van der Waals surface area contributed by atoms with E-state index in [1.807, 2.05) is 0 Å². The standard InChI is InChI=1S/C16H38N3O7P2/c1-6-10-17-11-8-12-18-16(20)9-7-13-19(14-27(21,23-2)24-3)15-28(22,25-4)26-5/h17,21-22H,6-15H2,1-5H3/q+1/p+1. The van der Waals surface area contributed by atoms with E-state index in [2.05, 4.69) is 17.6 Å². The molecule has 168 valence electrons. The summed E-state index contributed by atoms with van der Waals surface area (Å²) in [4.78, 5) is 34.4. The van der Waals surface area contributed by atoms with Gasteiger partial charge in [-0.25, -0.2) is 4.90 Å². The number of amides is 1. The molecule has 1 amide bonds. The Balaban J connectivity index is 4.45. The Bertz CT molecular complexity index is 394. The van der Waals surface area contributed by atoms with Crippen molar-refractivity contribution in [1.82, 2.24) is 15.5 Å². The molecule has 0 unspecified atom stereocenters. The molecule has 0 aliphatic carbocycles. The van der Waals surface area contributed by atoms with Crippen LogP contribution in [0.25, 0.3) is 0 Å². The van der Waals surface area contributed by atoms with Gasteiger partial charge in [0, 0.05) is 19.5 Å². The topological polar surface area (TPSA) is 122 Å². The van der Waals surface area contributed by atoms with Gasteiger partial charge in [-0.3, -0.25) is 4.79 Å². The first-order valence-corrected chi connectivity index (χ1v) is 12.9. The van der Waals surface area contributed by atoms with Crippen LogP contribution in [0.5, 0.6) is 0 Å². The molecule has 0 aliphatic rings. The van der Waals surface area contributed by atoms with Gasteiger partial charge in [-0.05, 0) is 32.4 Å². The maximum Gasteiger partial charge on any atom is 0.423 e. The van der Waals surface area contributed by atoms with E-state index in [0.29, 0.717) is 25.9 Å². The van der Waals surface area contributed by atoms with E-state index >= 15 is 0 Å². The van der Waals surface area contributed by atoms with Crippen molar-refractivity contribution >= 4 is 21.8 Å². The highest BCUT2D eigenvalue weighted by Gasteiger charge is 2.47. The third-order valence-corrected chi connectivity index (χ3v) is 7.85. The highest BCUT2D eigenvalue weighted by molar-refractivity contribution is 7.61. The molecular weight excluding hydrogens is 408 g/mol. The number of hydrogen-bond acceptors (Lipinski definition) is 9. The monoisotopic (exact) mass is 447 g/mol. The molecule has 0 aromatic rings. The number of nitrogens with one attached hydrogen (secondary N) is 2. The van der Waals surface area contributed by atoms with Crippen molar-refractivity contribution in [1.29, 1.82) is 0 Å². The lowest BCUT2D eigenvalue weighted by atomic mass is 10.3. The minimum Gasteiger partial charge on any atom is -0.356 e. The molecule has 0 bridgehead atoms. The zero-order valence-electron chi connectivity index (χ0n) is 17.8. The molecule has 10 nitrogen and oxygen atoms in total. The van der Waals surface area contributed by atoms with Gasteiger partial charge in [0.05, 0.1) is 28.4 Å². The van der Waals surface area contributed by atoms with Gasteiger partial charge in [0.2, 0.25) is 5.91 Å². The minimum absolute atomic E-state index is 0.0254. The molecule has 0 saturated carbocycles. The van der Waals surface area contributed by atoms with Crippen molar-refractivity contribution in [3.8, 4) is 0 Å². The van der Waals surface area contributed by atoms with E-state index < -0.39 is 15.9 Å². The first-order valence-electron chi connectivity index (χ1n) is 9.42. The molecule has 0 fully saturated rings. The first-order chi connectivity index (χ1) is 13.3. The lowest BCUT2D eigenvalue weighted by molar-refractivity contribution is -0.121. The molecular formula is C16H39N3O7P2+2. The van der Waals surface area contributed by atoms with Crippen LogP contribution in [0.1, 0.15) is 32.6 Å². The van der Waals surface area contributed by atoms with Crippen molar-refractivity contribution in [2.45, 2.75) is 32.6 Å². The van der Waals surface area contributed by atoms with Crippen LogP contribution in [-0.4, -0.2) is 87.8 Å². The smallest absolute Gasteiger partial charge is 0.356 e. The molecule has 0 aliphatic heterocycles. The van der Waals surface area contributed by atoms with Gasteiger partial charge in [-0.15, -0.1) is 0 Å². The minimum atomic E-state index is -3.08. The summed E-state index contributed by atoms with van der Waals surface area (Å²) in [6.45, 7) is 5.06. The van der Waals surface area contributed by atoms with Crippen molar-refractivity contribution in [3.63, 3.8) is 0 Å². The Morgan fingerprint density at radius 2 is 1.43 bits per heavy atom. The van der Waals surface area contributed by atoms with Crippen LogP contribution in [-0.2, 0) is 22.9 Å². The summed E-state index contributed by atoms with van der Waals surface area (Å²) in [5.74, 6) is -0.0254. The van der Waals surface area contributed by atoms with E-state index in [1.54, 1.807) is 4.90 Å². The first kappa shape index (κ1) is 28.0. The second-order valence-electron chi connectivity index (χ2n) is 6.24. The zero-order valence-corrected chi connectivity index (χ0v) is 19.6. The van der Waals surface area contributed by atoms with Crippen molar-refractivity contribution in [2.24, 2.45) is 0 Å². The molecule has 0 atom stereocenters. The molecule has 12 heteroatoms. The summed E-state index contributed by atoms with van der Waals surface area (Å²) in [5, 5.41) is 6.18. The summed E-state index contributed by atoms with van der Waals surface area (Å²) in [6.07, 6.45) is 3.00. The van der Waals surface area contributed by atoms with Gasteiger partial charge in [0.15, 0.2) is 12.6 Å². The maximum absolute atomic E-state index is 12.0. The molecule has 0 radical (unpaired) electrons. The van der Waals surface area contributed by atoms with Gasteiger partial charge >= 0.3 is 15.9 Å². The van der Waals surface area contributed by atoms with E-state index in [1.165, 1.54) is 28.4 Å². The van der Waals surface area contributed by atoms with Crippen molar-refractivity contribution in [2.75, 3.05) is 67.2 Å². The van der Waals surface area contributed by atoms with Crippen LogP contribution in [0.15, 0.2) is 0 Å². The van der Waals surface area contributed by atoms with Crippen LogP contribution >= 0.6 is 15.9 Å². The third kappa shape index (κ3) is 12.5. The lowest BCUT2D eigenvalue weighted by Crippen LogP contribution is -2.33. The van der Waals surface area contributed by atoms with Gasteiger partial charge < -0.3 is 10.6 Å². The fourth-order valence-electron chi connectivity index (χ4n) is 2.37. The largest absolute Gasteiger partial charge is 0.423 e. The van der Waals surface area contributed by atoms with Crippen LogP contribution in [0.4, 0.5) is 0 Å². The zero-order chi connectivity index (χ0) is 21.5. The Morgan fingerprint density at radius 1 is 0.893 bits per heavy atom. The average molecular weight is 447 g/mol. The average Bonchev–Trinajstić information content (AvgIpc) is 2.70. The second-order valence-corrected chi connectivity index (χ2v) is 10.8. The van der Waals surface area contributed by atoms with Crippen LogP contribution in [0.3, 0.4) is 0 Å². The Labute approximate surface area is 170 Å². The quantitative estimate of drug-likeness (QED) is 0.183. The summed E-state index contributed by atoms with van der Waals surface area (Å²) >= 11 is 0. The van der Waals surface area contributed by atoms with Crippen molar-refractivity contribution in [3.05, 3.63) is 0 Å². The van der Waals surface area contributed by atoms with Gasteiger partial charge in [-0.1, -0.05) is 6.92 Å². The molecule has 28 heavy (non-hydrogen) atoms. The summed E-state index contributed by atoms with van der Waals surface area (Å²) in [6, 6.07) is 0. The maximum atomic E-state index is 12.0. The number of hydrogen-bond donors (Lipinski definition) is 4. The number of nitrogens with zero attached hydrogens (tertiary/aromatic N) is 1. The van der Waals surface area contributed by atoms with E-state index in [4.69, 9.17) is 18.1 Å². The van der Waals surface area contributed by atoms with Crippen LogP contribution in [0.2, 0.25) is 0 Å². The van der Waals surface area contributed by atoms with Crippen LogP contribution < -0.4 is 10.6 Å². The third-order valence-electron chi connectivity index (χ3n) is 4.06. The van der Waals surface area contributed by atoms with Crippen LogP contribution in [0, 0.1) is 0 Å². The number of carbonyl (C=O) groups is 1. The number of rotatable bonds is 18. The normalized spacial score (nSPS) is 12.6. The molecule has 0 spiro atoms. The fourth-order valence-corrected chi connectivity index (χ4v) is 4.78. The summed E-state index contributed by atoms with van der Waals surface area (Å²) < 4.78 is 20.3. The molecule has 0 heterocycles. The van der Waals surface area contributed by atoms with Gasteiger partial charge in [-0.2, -0.15) is 27.9 Å². The molecule has 0 aromatic carbocycles. The van der Waals surface area contributed by atoms with E-state index in [-0.39, 0.29) is 18.5 Å². The molecule has 4 N–H and O–H groups in total. The summed E-state index contributed by atoms with van der Waals surface area (Å²) in [7, 11) is -0.682. The van der Waals surface area contributed by atoms with E-state index in [0.717, 1.165) is 25.9 Å². The van der Waals surface area contributed by atoms with Crippen molar-refractivity contribution < 1.29 is 32.7 Å².